The van der Waals surface area contributed by atoms with Crippen LogP contribution in [-0.4, -0.2) is 54.9 Å². The Bertz CT molecular complexity index is 956. The van der Waals surface area contributed by atoms with Crippen LogP contribution in [0.1, 0.15) is 32.4 Å². The first-order chi connectivity index (χ1) is 13.4. The monoisotopic (exact) mass is 387 g/mol. The van der Waals surface area contributed by atoms with E-state index in [0.29, 0.717) is 47.3 Å². The molecule has 1 aromatic carbocycles. The Kier molecular flexibility index (Phi) is 5.78. The molecular weight excluding hydrogens is 362 g/mol. The number of para-hydroxylation sites is 1. The first-order valence-corrected chi connectivity index (χ1v) is 9.04. The number of aromatic nitrogens is 5. The van der Waals surface area contributed by atoms with Gasteiger partial charge in [0.15, 0.2) is 28.5 Å². The van der Waals surface area contributed by atoms with Gasteiger partial charge in [-0.2, -0.15) is 9.97 Å². The van der Waals surface area contributed by atoms with Crippen molar-refractivity contribution in [2.75, 3.05) is 24.3 Å². The Hall–Kier alpha value is -3.14. The van der Waals surface area contributed by atoms with E-state index < -0.39 is 6.10 Å². The number of nitrogens with zero attached hydrogens (tertiary/aromatic N) is 5. The van der Waals surface area contributed by atoms with Gasteiger partial charge in [-0.1, -0.05) is 17.3 Å². The molecule has 2 heterocycles. The highest BCUT2D eigenvalue weighted by atomic mass is 16.5. The number of rotatable bonds is 8. The van der Waals surface area contributed by atoms with Crippen LogP contribution < -0.4 is 15.4 Å². The Labute approximate surface area is 162 Å². The van der Waals surface area contributed by atoms with Crippen LogP contribution in [0.5, 0.6) is 11.5 Å². The van der Waals surface area contributed by atoms with Gasteiger partial charge in [0.1, 0.15) is 0 Å². The molecule has 0 saturated carbocycles. The molecule has 1 unspecified atom stereocenters. The van der Waals surface area contributed by atoms with Gasteiger partial charge in [0.2, 0.25) is 5.95 Å². The maximum Gasteiger partial charge on any atom is 0.226 e. The highest BCUT2D eigenvalue weighted by molar-refractivity contribution is 5.83. The Morgan fingerprint density at radius 1 is 1.18 bits per heavy atom. The molecule has 3 aromatic rings. The quantitative estimate of drug-likeness (QED) is 0.458. The van der Waals surface area contributed by atoms with E-state index in [4.69, 9.17) is 4.74 Å². The second-order valence-corrected chi connectivity index (χ2v) is 6.75. The van der Waals surface area contributed by atoms with Crippen molar-refractivity contribution in [2.24, 2.45) is 0 Å². The van der Waals surface area contributed by atoms with E-state index in [1.54, 1.807) is 29.8 Å². The standard InChI is InChI=1S/C18H25N7O3/c1-10(2)25-17-14(23-24-25)16(21-18(22-17)20-8-11(3)26)19-9-12-6-5-7-13(28-4)15(12)27/h5-7,10-11,26-27H,8-9H2,1-4H3,(H2,19,20,21,22). The zero-order valence-electron chi connectivity index (χ0n) is 16.3. The third-order valence-corrected chi connectivity index (χ3v) is 4.12. The first-order valence-electron chi connectivity index (χ1n) is 9.04. The Balaban J connectivity index is 1.94. The molecule has 0 bridgehead atoms. The summed E-state index contributed by atoms with van der Waals surface area (Å²) in [6.07, 6.45) is -0.544. The Morgan fingerprint density at radius 3 is 2.64 bits per heavy atom. The molecular formula is C18H25N7O3. The van der Waals surface area contributed by atoms with Crippen molar-refractivity contribution in [3.05, 3.63) is 23.8 Å². The van der Waals surface area contributed by atoms with Crippen molar-refractivity contribution in [3.8, 4) is 11.5 Å². The first kappa shape index (κ1) is 19.6. The summed E-state index contributed by atoms with van der Waals surface area (Å²) in [6.45, 7) is 6.27. The van der Waals surface area contributed by atoms with Gasteiger partial charge in [-0.05, 0) is 26.8 Å². The van der Waals surface area contributed by atoms with Crippen LogP contribution >= 0.6 is 0 Å². The summed E-state index contributed by atoms with van der Waals surface area (Å²) in [5, 5.41) is 34.4. The third kappa shape index (κ3) is 4.06. The number of fused-ring (bicyclic) bond motifs is 1. The molecule has 0 radical (unpaired) electrons. The Morgan fingerprint density at radius 2 is 1.96 bits per heavy atom. The minimum Gasteiger partial charge on any atom is -0.504 e. The molecule has 4 N–H and O–H groups in total. The van der Waals surface area contributed by atoms with Crippen molar-refractivity contribution in [2.45, 2.75) is 39.5 Å². The van der Waals surface area contributed by atoms with Gasteiger partial charge < -0.3 is 25.6 Å². The minimum atomic E-state index is -0.544. The van der Waals surface area contributed by atoms with Crippen LogP contribution in [0, 0.1) is 0 Å². The van der Waals surface area contributed by atoms with Gasteiger partial charge in [0, 0.05) is 18.7 Å². The smallest absolute Gasteiger partial charge is 0.226 e. The van der Waals surface area contributed by atoms with Crippen molar-refractivity contribution < 1.29 is 14.9 Å². The fraction of sp³-hybridized carbons (Fsp3) is 0.444. The van der Waals surface area contributed by atoms with E-state index in [0.717, 1.165) is 0 Å². The normalized spacial score (nSPS) is 12.4. The predicted molar refractivity (Wildman–Crippen MR) is 106 cm³/mol. The number of hydrogen-bond acceptors (Lipinski definition) is 9. The molecule has 10 nitrogen and oxygen atoms in total. The lowest BCUT2D eigenvalue weighted by molar-refractivity contribution is 0.208. The molecule has 28 heavy (non-hydrogen) atoms. The number of phenolic OH excluding ortho intramolecular Hbond substituents is 1. The number of benzene rings is 1. The third-order valence-electron chi connectivity index (χ3n) is 4.12. The number of anilines is 2. The molecule has 1 atom stereocenters. The van der Waals surface area contributed by atoms with Gasteiger partial charge in [-0.15, -0.1) is 5.10 Å². The summed E-state index contributed by atoms with van der Waals surface area (Å²) in [4.78, 5) is 8.94. The molecule has 0 spiro atoms. The largest absolute Gasteiger partial charge is 0.504 e. The molecule has 3 rings (SSSR count). The average Bonchev–Trinajstić information content (AvgIpc) is 3.09. The van der Waals surface area contributed by atoms with Crippen molar-refractivity contribution in [3.63, 3.8) is 0 Å². The van der Waals surface area contributed by atoms with Crippen LogP contribution in [0.15, 0.2) is 18.2 Å². The maximum atomic E-state index is 10.3. The van der Waals surface area contributed by atoms with E-state index >= 15 is 0 Å². The summed E-state index contributed by atoms with van der Waals surface area (Å²) >= 11 is 0. The molecule has 0 fully saturated rings. The SMILES string of the molecule is COc1cccc(CNc2nc(NCC(C)O)nc3c2nnn3C(C)C)c1O. The number of aromatic hydroxyl groups is 1. The second-order valence-electron chi connectivity index (χ2n) is 6.75. The van der Waals surface area contributed by atoms with E-state index in [2.05, 4.69) is 30.9 Å². The molecule has 10 heteroatoms. The fourth-order valence-corrected chi connectivity index (χ4v) is 2.67. The van der Waals surface area contributed by atoms with Gasteiger partial charge in [-0.25, -0.2) is 4.68 Å². The zero-order valence-corrected chi connectivity index (χ0v) is 16.3. The molecule has 150 valence electrons. The fourth-order valence-electron chi connectivity index (χ4n) is 2.67. The van der Waals surface area contributed by atoms with Crippen LogP contribution in [0.2, 0.25) is 0 Å². The number of nitrogens with one attached hydrogen (secondary N) is 2. The average molecular weight is 387 g/mol. The topological polar surface area (TPSA) is 130 Å². The number of aliphatic hydroxyl groups excluding tert-OH is 1. The molecule has 0 aliphatic heterocycles. The minimum absolute atomic E-state index is 0.0693. The summed E-state index contributed by atoms with van der Waals surface area (Å²) < 4.78 is 6.86. The number of hydrogen-bond donors (Lipinski definition) is 4. The molecule has 0 saturated heterocycles. The summed E-state index contributed by atoms with van der Waals surface area (Å²) in [6, 6.07) is 5.35. The lowest BCUT2D eigenvalue weighted by atomic mass is 10.2. The van der Waals surface area contributed by atoms with Crippen molar-refractivity contribution in [1.29, 1.82) is 0 Å². The van der Waals surface area contributed by atoms with E-state index in [-0.39, 0.29) is 11.8 Å². The van der Waals surface area contributed by atoms with E-state index in [1.807, 2.05) is 13.8 Å². The summed E-state index contributed by atoms with van der Waals surface area (Å²) in [5.74, 6) is 1.31. The van der Waals surface area contributed by atoms with E-state index in [1.165, 1.54) is 7.11 Å². The molecule has 0 aliphatic rings. The van der Waals surface area contributed by atoms with Gasteiger partial charge in [0.25, 0.3) is 0 Å². The highest BCUT2D eigenvalue weighted by Crippen LogP contribution is 2.30. The van der Waals surface area contributed by atoms with Crippen molar-refractivity contribution in [1.82, 2.24) is 25.0 Å². The number of phenols is 1. The van der Waals surface area contributed by atoms with Crippen LogP contribution in [-0.2, 0) is 6.54 Å². The number of aliphatic hydroxyl groups is 1. The van der Waals surface area contributed by atoms with Crippen LogP contribution in [0.3, 0.4) is 0 Å². The van der Waals surface area contributed by atoms with Gasteiger partial charge >= 0.3 is 0 Å². The van der Waals surface area contributed by atoms with E-state index in [9.17, 15) is 10.2 Å². The molecule has 0 amide bonds. The zero-order chi connectivity index (χ0) is 20.3. The van der Waals surface area contributed by atoms with Crippen LogP contribution in [0.25, 0.3) is 11.2 Å². The predicted octanol–water partition coefficient (Wildman–Crippen LogP) is 1.92. The van der Waals surface area contributed by atoms with Gasteiger partial charge in [0.05, 0.1) is 19.3 Å². The van der Waals surface area contributed by atoms with Crippen molar-refractivity contribution >= 4 is 22.9 Å². The number of methoxy groups -OCH3 is 1. The summed E-state index contributed by atoms with van der Waals surface area (Å²) in [7, 11) is 1.50. The summed E-state index contributed by atoms with van der Waals surface area (Å²) in [5.41, 5.74) is 1.76. The van der Waals surface area contributed by atoms with Gasteiger partial charge in [-0.3, -0.25) is 0 Å². The number of ether oxygens (including phenoxy) is 1. The lowest BCUT2D eigenvalue weighted by Gasteiger charge is -2.13. The maximum absolute atomic E-state index is 10.3. The van der Waals surface area contributed by atoms with Crippen LogP contribution in [0.4, 0.5) is 11.8 Å². The molecule has 2 aromatic heterocycles. The lowest BCUT2D eigenvalue weighted by Crippen LogP contribution is -2.18. The molecule has 0 aliphatic carbocycles. The highest BCUT2D eigenvalue weighted by Gasteiger charge is 2.17. The second kappa shape index (κ2) is 8.26.